The van der Waals surface area contributed by atoms with E-state index in [2.05, 4.69) is 18.7 Å². The highest BCUT2D eigenvalue weighted by molar-refractivity contribution is 5.95. The molecule has 138 valence electrons. The number of methoxy groups -OCH3 is 2. The second kappa shape index (κ2) is 7.65. The molecule has 25 heavy (non-hydrogen) atoms. The summed E-state index contributed by atoms with van der Waals surface area (Å²) in [7, 11) is 3.20. The van der Waals surface area contributed by atoms with Gasteiger partial charge in [0.25, 0.3) is 5.91 Å². The molecule has 1 aromatic carbocycles. The molecule has 1 aromatic rings. The molecule has 2 fully saturated rings. The fraction of sp³-hybridized carbons (Fsp3) is 0.650. The molecule has 2 saturated heterocycles. The van der Waals surface area contributed by atoms with E-state index in [1.807, 2.05) is 11.0 Å². The van der Waals surface area contributed by atoms with Crippen LogP contribution in [0.25, 0.3) is 0 Å². The fourth-order valence-corrected chi connectivity index (χ4v) is 4.47. The van der Waals surface area contributed by atoms with Gasteiger partial charge >= 0.3 is 0 Å². The van der Waals surface area contributed by atoms with Crippen LogP contribution in [0.2, 0.25) is 0 Å². The van der Waals surface area contributed by atoms with E-state index in [1.54, 1.807) is 26.4 Å². The van der Waals surface area contributed by atoms with E-state index in [4.69, 9.17) is 9.47 Å². The molecule has 0 radical (unpaired) electrons. The van der Waals surface area contributed by atoms with Crippen LogP contribution < -0.4 is 9.47 Å². The number of carbonyl (C=O) groups is 1. The van der Waals surface area contributed by atoms with Crippen molar-refractivity contribution in [1.82, 2.24) is 9.80 Å². The molecule has 3 atom stereocenters. The average molecular weight is 346 g/mol. The summed E-state index contributed by atoms with van der Waals surface area (Å²) in [5, 5.41) is 0. The number of piperidine rings is 1. The molecule has 3 rings (SSSR count). The van der Waals surface area contributed by atoms with Crippen LogP contribution in [0.15, 0.2) is 18.2 Å². The van der Waals surface area contributed by atoms with Crippen molar-refractivity contribution < 1.29 is 14.3 Å². The maximum atomic E-state index is 13.0. The number of hydrogen-bond acceptors (Lipinski definition) is 4. The minimum atomic E-state index is 0.0881. The molecule has 0 saturated carbocycles. The second-order valence-electron chi connectivity index (χ2n) is 7.34. The van der Waals surface area contributed by atoms with Crippen molar-refractivity contribution in [3.05, 3.63) is 23.8 Å². The van der Waals surface area contributed by atoms with Gasteiger partial charge in [0.2, 0.25) is 0 Å². The topological polar surface area (TPSA) is 42.0 Å². The highest BCUT2D eigenvalue weighted by Gasteiger charge is 2.36. The van der Waals surface area contributed by atoms with Crippen LogP contribution in [-0.2, 0) is 0 Å². The van der Waals surface area contributed by atoms with Gasteiger partial charge in [-0.2, -0.15) is 0 Å². The van der Waals surface area contributed by atoms with Gasteiger partial charge in [0, 0.05) is 36.8 Å². The molecule has 5 nitrogen and oxygen atoms in total. The average Bonchev–Trinajstić information content (AvgIpc) is 2.99. The summed E-state index contributed by atoms with van der Waals surface area (Å²) in [6, 6.07) is 7.14. The van der Waals surface area contributed by atoms with E-state index in [0.29, 0.717) is 35.2 Å². The molecule has 0 aliphatic carbocycles. The quantitative estimate of drug-likeness (QED) is 0.840. The molecule has 0 N–H and O–H groups in total. The van der Waals surface area contributed by atoms with Gasteiger partial charge in [-0.1, -0.05) is 0 Å². The monoisotopic (exact) mass is 346 g/mol. The second-order valence-corrected chi connectivity index (χ2v) is 7.34. The molecule has 2 heterocycles. The van der Waals surface area contributed by atoms with Gasteiger partial charge in [-0.05, 0) is 57.7 Å². The maximum absolute atomic E-state index is 13.0. The Morgan fingerprint density at radius 3 is 2.36 bits per heavy atom. The van der Waals surface area contributed by atoms with Crippen LogP contribution >= 0.6 is 0 Å². The molecular weight excluding hydrogens is 316 g/mol. The van der Waals surface area contributed by atoms with Gasteiger partial charge < -0.3 is 14.4 Å². The van der Waals surface area contributed by atoms with Gasteiger partial charge in [0.05, 0.1) is 14.2 Å². The fourth-order valence-electron chi connectivity index (χ4n) is 4.47. The summed E-state index contributed by atoms with van der Waals surface area (Å²) in [5.74, 6) is 1.34. The third-order valence-electron chi connectivity index (χ3n) is 5.76. The lowest BCUT2D eigenvalue weighted by Crippen LogP contribution is -2.52. The Bertz CT molecular complexity index is 609. The molecule has 1 amide bonds. The first-order chi connectivity index (χ1) is 12.0. The van der Waals surface area contributed by atoms with Crippen molar-refractivity contribution in [3.63, 3.8) is 0 Å². The molecular formula is C20H30N2O3. The zero-order valence-corrected chi connectivity index (χ0v) is 15.8. The van der Waals surface area contributed by atoms with Gasteiger partial charge in [-0.25, -0.2) is 0 Å². The summed E-state index contributed by atoms with van der Waals surface area (Å²) in [5.41, 5.74) is 0.667. The Hall–Kier alpha value is -1.75. The van der Waals surface area contributed by atoms with E-state index >= 15 is 0 Å². The number of rotatable bonds is 4. The van der Waals surface area contributed by atoms with E-state index in [1.165, 1.54) is 19.3 Å². The SMILES string of the molecule is COc1ccc(C(=O)N2CCC[C@H](N3[C@@H](C)CC[C@@H]3C)C2)cc1OC. The van der Waals surface area contributed by atoms with Gasteiger partial charge in [-0.3, -0.25) is 9.69 Å². The van der Waals surface area contributed by atoms with E-state index in [0.717, 1.165) is 19.5 Å². The Morgan fingerprint density at radius 1 is 1.04 bits per heavy atom. The Kier molecular flexibility index (Phi) is 5.52. The van der Waals surface area contributed by atoms with Crippen molar-refractivity contribution in [2.24, 2.45) is 0 Å². The lowest BCUT2D eigenvalue weighted by molar-refractivity contribution is 0.0487. The summed E-state index contributed by atoms with van der Waals surface area (Å²) in [4.78, 5) is 17.6. The minimum absolute atomic E-state index is 0.0881. The van der Waals surface area contributed by atoms with Crippen molar-refractivity contribution >= 4 is 5.91 Å². The number of ether oxygens (including phenoxy) is 2. The highest BCUT2D eigenvalue weighted by Crippen LogP contribution is 2.31. The van der Waals surface area contributed by atoms with Crippen molar-refractivity contribution in [2.45, 2.75) is 57.7 Å². The third-order valence-corrected chi connectivity index (χ3v) is 5.76. The number of benzene rings is 1. The lowest BCUT2D eigenvalue weighted by atomic mass is 10.0. The molecule has 0 spiro atoms. The molecule has 5 heteroatoms. The van der Waals surface area contributed by atoms with E-state index in [9.17, 15) is 4.79 Å². The third kappa shape index (κ3) is 3.61. The van der Waals surface area contributed by atoms with Gasteiger partial charge in [-0.15, -0.1) is 0 Å². The molecule has 2 aliphatic heterocycles. The zero-order valence-electron chi connectivity index (χ0n) is 15.8. The summed E-state index contributed by atoms with van der Waals surface area (Å²) < 4.78 is 10.6. The van der Waals surface area contributed by atoms with Crippen LogP contribution in [-0.4, -0.2) is 61.1 Å². The Labute approximate surface area is 150 Å². The van der Waals surface area contributed by atoms with Crippen molar-refractivity contribution in [2.75, 3.05) is 27.3 Å². The number of amides is 1. The Balaban J connectivity index is 1.74. The Morgan fingerprint density at radius 2 is 1.72 bits per heavy atom. The molecule has 0 aromatic heterocycles. The first-order valence-corrected chi connectivity index (χ1v) is 9.34. The van der Waals surface area contributed by atoms with Crippen LogP contribution in [0.4, 0.5) is 0 Å². The number of likely N-dealkylation sites (tertiary alicyclic amines) is 2. The summed E-state index contributed by atoms with van der Waals surface area (Å²) in [6.45, 7) is 6.29. The first kappa shape index (κ1) is 18.1. The highest BCUT2D eigenvalue weighted by atomic mass is 16.5. The molecule has 2 aliphatic rings. The predicted molar refractivity (Wildman–Crippen MR) is 98.5 cm³/mol. The van der Waals surface area contributed by atoms with Crippen LogP contribution in [0, 0.1) is 0 Å². The summed E-state index contributed by atoms with van der Waals surface area (Å²) >= 11 is 0. The van der Waals surface area contributed by atoms with Gasteiger partial charge in [0.1, 0.15) is 0 Å². The number of nitrogens with zero attached hydrogens (tertiary/aromatic N) is 2. The van der Waals surface area contributed by atoms with Crippen LogP contribution in [0.1, 0.15) is 49.9 Å². The maximum Gasteiger partial charge on any atom is 0.254 e. The first-order valence-electron chi connectivity index (χ1n) is 9.34. The number of hydrogen-bond donors (Lipinski definition) is 0. The van der Waals surface area contributed by atoms with E-state index < -0.39 is 0 Å². The molecule has 0 bridgehead atoms. The van der Waals surface area contributed by atoms with Crippen LogP contribution in [0.5, 0.6) is 11.5 Å². The van der Waals surface area contributed by atoms with Gasteiger partial charge in [0.15, 0.2) is 11.5 Å². The largest absolute Gasteiger partial charge is 0.493 e. The predicted octanol–water partition coefficient (Wildman–Crippen LogP) is 3.18. The van der Waals surface area contributed by atoms with E-state index in [-0.39, 0.29) is 5.91 Å². The van der Waals surface area contributed by atoms with Crippen LogP contribution in [0.3, 0.4) is 0 Å². The summed E-state index contributed by atoms with van der Waals surface area (Å²) in [6.07, 6.45) is 4.78. The number of carbonyl (C=O) groups excluding carboxylic acids is 1. The molecule has 0 unspecified atom stereocenters. The van der Waals surface area contributed by atoms with Crippen molar-refractivity contribution in [3.8, 4) is 11.5 Å². The standard InChI is InChI=1S/C20H30N2O3/c1-14-7-8-15(2)22(14)17-6-5-11-21(13-17)20(23)16-9-10-18(24-3)19(12-16)25-4/h9-10,12,14-15,17H,5-8,11,13H2,1-4H3/t14-,15-,17-/m0/s1. The lowest BCUT2D eigenvalue weighted by Gasteiger charge is -2.41. The zero-order chi connectivity index (χ0) is 18.0. The smallest absolute Gasteiger partial charge is 0.254 e. The van der Waals surface area contributed by atoms with Crippen molar-refractivity contribution in [1.29, 1.82) is 0 Å². The normalized spacial score (nSPS) is 27.4. The minimum Gasteiger partial charge on any atom is -0.493 e.